The van der Waals surface area contributed by atoms with Crippen molar-refractivity contribution in [2.24, 2.45) is 0 Å². The van der Waals surface area contributed by atoms with Crippen LogP contribution < -0.4 is 4.90 Å². The van der Waals surface area contributed by atoms with Crippen molar-refractivity contribution in [2.75, 3.05) is 11.9 Å². The minimum atomic E-state index is -0.157. The van der Waals surface area contributed by atoms with Crippen LogP contribution in [0.4, 0.5) is 5.95 Å². The van der Waals surface area contributed by atoms with E-state index in [1.165, 1.54) is 0 Å². The van der Waals surface area contributed by atoms with E-state index >= 15 is 0 Å². The molecule has 0 atom stereocenters. The number of benzene rings is 1. The van der Waals surface area contributed by atoms with Gasteiger partial charge in [-0.15, -0.1) is 0 Å². The Bertz CT molecular complexity index is 1010. The summed E-state index contributed by atoms with van der Waals surface area (Å²) >= 11 is 0.971. The number of hydrogen-bond donors (Lipinski definition) is 1. The van der Waals surface area contributed by atoms with Gasteiger partial charge in [0.2, 0.25) is 11.1 Å². The average Bonchev–Trinajstić information content (AvgIpc) is 3.17. The Balaban J connectivity index is 1.54. The predicted molar refractivity (Wildman–Crippen MR) is 100 cm³/mol. The molecule has 3 heterocycles. The van der Waals surface area contributed by atoms with Crippen LogP contribution in [0.25, 0.3) is 17.1 Å². The van der Waals surface area contributed by atoms with Crippen molar-refractivity contribution in [2.45, 2.75) is 13.0 Å². The van der Waals surface area contributed by atoms with Crippen LogP contribution in [0.3, 0.4) is 0 Å². The van der Waals surface area contributed by atoms with E-state index in [0.717, 1.165) is 28.6 Å². The summed E-state index contributed by atoms with van der Waals surface area (Å²) in [7, 11) is 1.87. The van der Waals surface area contributed by atoms with E-state index in [0.29, 0.717) is 23.1 Å². The Morgan fingerprint density at radius 3 is 2.85 bits per heavy atom. The summed E-state index contributed by atoms with van der Waals surface area (Å²) in [6.45, 7) is 0.515. The second kappa shape index (κ2) is 6.72. The molecule has 0 spiro atoms. The van der Waals surface area contributed by atoms with Crippen LogP contribution in [0.15, 0.2) is 41.4 Å². The number of H-pyrrole nitrogens is 1. The van der Waals surface area contributed by atoms with E-state index in [1.807, 2.05) is 36.2 Å². The van der Waals surface area contributed by atoms with Crippen molar-refractivity contribution in [3.8, 4) is 0 Å². The van der Waals surface area contributed by atoms with Gasteiger partial charge in [0, 0.05) is 13.2 Å². The topological polar surface area (TPSA) is 91.8 Å². The fourth-order valence-corrected chi connectivity index (χ4v) is 3.49. The second-order valence-corrected chi connectivity index (χ2v) is 7.02. The monoisotopic (exact) mass is 365 g/mol. The first-order chi connectivity index (χ1) is 12.6. The number of rotatable bonds is 4. The molecule has 0 aliphatic carbocycles. The lowest BCUT2D eigenvalue weighted by atomic mass is 10.2. The molecule has 0 saturated carbocycles. The number of aromatic amines is 1. The van der Waals surface area contributed by atoms with E-state index in [1.54, 1.807) is 18.3 Å². The summed E-state index contributed by atoms with van der Waals surface area (Å²) in [5.74, 6) is 1.17. The first kappa shape index (κ1) is 16.5. The van der Waals surface area contributed by atoms with Gasteiger partial charge >= 0.3 is 0 Å². The Labute approximate surface area is 153 Å². The number of carbonyl (C=O) groups is 2. The fourth-order valence-electron chi connectivity index (χ4n) is 2.68. The summed E-state index contributed by atoms with van der Waals surface area (Å²) in [5, 5.41) is -0.127. The number of ketones is 1. The molecule has 26 heavy (non-hydrogen) atoms. The third kappa shape index (κ3) is 3.36. The lowest BCUT2D eigenvalue weighted by Gasteiger charge is -2.15. The molecule has 0 unspecified atom stereocenters. The number of imidazole rings is 1. The molecular formula is C18H15N5O2S. The number of nitrogens with zero attached hydrogens (tertiary/aromatic N) is 4. The zero-order valence-electron chi connectivity index (χ0n) is 14.0. The molecule has 1 N–H and O–H groups in total. The highest BCUT2D eigenvalue weighted by molar-refractivity contribution is 8.18. The van der Waals surface area contributed by atoms with Gasteiger partial charge in [0.1, 0.15) is 5.82 Å². The SMILES string of the molecule is CN(Cc1nc2ccccc2[nH]1)c1nccc(/C=C2\SC(=O)CC2=O)n1. The standard InChI is InChI=1S/C18H15N5O2S/c1-23(10-16-21-12-4-2-3-5-13(12)22-16)18-19-7-6-11(20-18)8-15-14(24)9-17(25)26-15/h2-8H,9-10H2,1H3,(H,21,22)/b15-8-. The number of carbonyl (C=O) groups excluding carboxylic acids is 2. The van der Waals surface area contributed by atoms with Crippen LogP contribution in [0.5, 0.6) is 0 Å². The van der Waals surface area contributed by atoms with Crippen molar-refractivity contribution >= 4 is 45.7 Å². The molecule has 0 radical (unpaired) electrons. The molecule has 7 nitrogen and oxygen atoms in total. The predicted octanol–water partition coefficient (Wildman–Crippen LogP) is 2.56. The van der Waals surface area contributed by atoms with Crippen LogP contribution in [0.1, 0.15) is 17.9 Å². The zero-order valence-corrected chi connectivity index (χ0v) is 14.8. The number of hydrogen-bond acceptors (Lipinski definition) is 7. The van der Waals surface area contributed by atoms with Gasteiger partial charge in [0.15, 0.2) is 5.78 Å². The average molecular weight is 365 g/mol. The highest BCUT2D eigenvalue weighted by Crippen LogP contribution is 2.30. The molecule has 1 aliphatic heterocycles. The summed E-state index contributed by atoms with van der Waals surface area (Å²) in [5.41, 5.74) is 2.49. The molecule has 1 fully saturated rings. The first-order valence-electron chi connectivity index (χ1n) is 8.02. The normalized spacial score (nSPS) is 16.0. The summed E-state index contributed by atoms with van der Waals surface area (Å²) < 4.78 is 0. The molecular weight excluding hydrogens is 350 g/mol. The lowest BCUT2D eigenvalue weighted by molar-refractivity contribution is -0.119. The van der Waals surface area contributed by atoms with E-state index in [-0.39, 0.29) is 17.3 Å². The number of allylic oxidation sites excluding steroid dienone is 1. The number of thioether (sulfide) groups is 1. The summed E-state index contributed by atoms with van der Waals surface area (Å²) in [6.07, 6.45) is 3.23. The minimum absolute atomic E-state index is 0.0413. The maximum Gasteiger partial charge on any atom is 0.225 e. The lowest BCUT2D eigenvalue weighted by Crippen LogP contribution is -2.20. The molecule has 2 aromatic heterocycles. The maximum atomic E-state index is 11.8. The zero-order chi connectivity index (χ0) is 18.1. The third-order valence-electron chi connectivity index (χ3n) is 3.91. The first-order valence-corrected chi connectivity index (χ1v) is 8.83. The molecule has 4 rings (SSSR count). The van der Waals surface area contributed by atoms with Crippen molar-refractivity contribution < 1.29 is 9.59 Å². The number of aromatic nitrogens is 4. The molecule has 1 aromatic carbocycles. The van der Waals surface area contributed by atoms with Crippen molar-refractivity contribution in [1.29, 1.82) is 0 Å². The smallest absolute Gasteiger partial charge is 0.225 e. The molecule has 1 aliphatic rings. The number of nitrogens with one attached hydrogen (secondary N) is 1. The van der Waals surface area contributed by atoms with Crippen LogP contribution in [0, 0.1) is 0 Å². The van der Waals surface area contributed by atoms with Crippen LogP contribution in [-0.2, 0) is 16.1 Å². The molecule has 0 amide bonds. The van der Waals surface area contributed by atoms with E-state index < -0.39 is 0 Å². The van der Waals surface area contributed by atoms with Gasteiger partial charge in [-0.2, -0.15) is 0 Å². The Kier molecular flexibility index (Phi) is 4.26. The van der Waals surface area contributed by atoms with Crippen LogP contribution >= 0.6 is 11.8 Å². The largest absolute Gasteiger partial charge is 0.340 e. The van der Waals surface area contributed by atoms with Gasteiger partial charge in [-0.25, -0.2) is 15.0 Å². The van der Waals surface area contributed by atoms with Gasteiger partial charge < -0.3 is 9.88 Å². The van der Waals surface area contributed by atoms with E-state index in [4.69, 9.17) is 0 Å². The van der Waals surface area contributed by atoms with Gasteiger partial charge in [-0.3, -0.25) is 9.59 Å². The van der Waals surface area contributed by atoms with Crippen LogP contribution in [-0.4, -0.2) is 37.9 Å². The van der Waals surface area contributed by atoms with E-state index in [9.17, 15) is 9.59 Å². The maximum absolute atomic E-state index is 11.8. The highest BCUT2D eigenvalue weighted by atomic mass is 32.2. The Hall–Kier alpha value is -3.00. The second-order valence-electron chi connectivity index (χ2n) is 5.92. The van der Waals surface area contributed by atoms with Crippen molar-refractivity contribution in [1.82, 2.24) is 19.9 Å². The summed E-state index contributed by atoms with van der Waals surface area (Å²) in [4.78, 5) is 42.0. The van der Waals surface area contributed by atoms with E-state index in [2.05, 4.69) is 19.9 Å². The third-order valence-corrected chi connectivity index (χ3v) is 4.85. The van der Waals surface area contributed by atoms with Gasteiger partial charge in [-0.05, 0) is 36.0 Å². The molecule has 0 bridgehead atoms. The van der Waals surface area contributed by atoms with Crippen molar-refractivity contribution in [3.05, 3.63) is 53.0 Å². The van der Waals surface area contributed by atoms with Crippen LogP contribution in [0.2, 0.25) is 0 Å². The number of Topliss-reactive ketones (excluding diaryl/α,β-unsaturated/α-hetero) is 1. The molecule has 8 heteroatoms. The quantitative estimate of drug-likeness (QED) is 0.561. The van der Waals surface area contributed by atoms with Gasteiger partial charge in [0.25, 0.3) is 0 Å². The number of para-hydroxylation sites is 2. The van der Waals surface area contributed by atoms with Gasteiger partial charge in [0.05, 0.1) is 34.6 Å². The Morgan fingerprint density at radius 1 is 1.23 bits per heavy atom. The highest BCUT2D eigenvalue weighted by Gasteiger charge is 2.26. The van der Waals surface area contributed by atoms with Gasteiger partial charge in [-0.1, -0.05) is 12.1 Å². The van der Waals surface area contributed by atoms with Crippen molar-refractivity contribution in [3.63, 3.8) is 0 Å². The molecule has 1 saturated heterocycles. The summed E-state index contributed by atoms with van der Waals surface area (Å²) in [6, 6.07) is 9.55. The molecule has 130 valence electrons. The number of anilines is 1. The minimum Gasteiger partial charge on any atom is -0.340 e. The fraction of sp³-hybridized carbons (Fsp3) is 0.167. The molecule has 3 aromatic rings. The Morgan fingerprint density at radius 2 is 2.08 bits per heavy atom. The number of fused-ring (bicyclic) bond motifs is 1.